The number of nitrogens with one attached hydrogen (secondary N) is 1. The predicted molar refractivity (Wildman–Crippen MR) is 131 cm³/mol. The fourth-order valence-corrected chi connectivity index (χ4v) is 5.02. The number of ether oxygens (including phenoxy) is 1. The number of anilines is 2. The SMILES string of the molecule is CCN1C(=O)[C@@H]2COCC[C@H]2c2cc(-c3cc(NC(=O)c4ccnc(C(F)(F)F)c4)ccc3C)cnc21. The molecule has 10 heteroatoms. The summed E-state index contributed by atoms with van der Waals surface area (Å²) in [5, 5.41) is 2.68. The topological polar surface area (TPSA) is 84.4 Å². The van der Waals surface area contributed by atoms with Crippen LogP contribution in [0.4, 0.5) is 24.7 Å². The minimum Gasteiger partial charge on any atom is -0.381 e. The van der Waals surface area contributed by atoms with Crippen LogP contribution in [-0.2, 0) is 15.7 Å². The molecule has 7 nitrogen and oxygen atoms in total. The van der Waals surface area contributed by atoms with E-state index in [0.717, 1.165) is 40.9 Å². The van der Waals surface area contributed by atoms with Crippen LogP contribution in [0.1, 0.15) is 46.4 Å². The lowest BCUT2D eigenvalue weighted by molar-refractivity contribution is -0.141. The van der Waals surface area contributed by atoms with Crippen molar-refractivity contribution in [2.45, 2.75) is 32.4 Å². The predicted octanol–water partition coefficient (Wildman–Crippen LogP) is 5.21. The molecule has 0 spiro atoms. The number of carbonyl (C=O) groups is 2. The third kappa shape index (κ3) is 4.69. The number of nitrogens with zero attached hydrogens (tertiary/aromatic N) is 3. The Bertz CT molecular complexity index is 1380. The van der Waals surface area contributed by atoms with E-state index in [-0.39, 0.29) is 23.3 Å². The highest BCUT2D eigenvalue weighted by molar-refractivity contribution is 6.04. The van der Waals surface area contributed by atoms with E-state index in [1.807, 2.05) is 26.0 Å². The van der Waals surface area contributed by atoms with Gasteiger partial charge in [-0.3, -0.25) is 19.5 Å². The monoisotopic (exact) mass is 510 g/mol. The maximum absolute atomic E-state index is 13.0. The van der Waals surface area contributed by atoms with Gasteiger partial charge in [0.2, 0.25) is 5.91 Å². The van der Waals surface area contributed by atoms with E-state index in [1.165, 1.54) is 6.07 Å². The summed E-state index contributed by atoms with van der Waals surface area (Å²) in [6.45, 7) is 5.31. The smallest absolute Gasteiger partial charge is 0.381 e. The molecule has 5 rings (SSSR count). The highest BCUT2D eigenvalue weighted by Gasteiger charge is 2.42. The lowest BCUT2D eigenvalue weighted by Gasteiger charge is -2.40. The molecule has 1 fully saturated rings. The van der Waals surface area contributed by atoms with Gasteiger partial charge >= 0.3 is 6.18 Å². The molecule has 2 aliphatic rings. The third-order valence-corrected chi connectivity index (χ3v) is 6.93. The molecule has 0 saturated carbocycles. The Balaban J connectivity index is 1.47. The number of fused-ring (bicyclic) bond motifs is 3. The number of aryl methyl sites for hydroxylation is 1. The highest BCUT2D eigenvalue weighted by Crippen LogP contribution is 2.44. The van der Waals surface area contributed by atoms with E-state index in [4.69, 9.17) is 4.74 Å². The first kappa shape index (κ1) is 24.9. The van der Waals surface area contributed by atoms with Gasteiger partial charge in [-0.05, 0) is 67.3 Å². The molecule has 2 amide bonds. The molecule has 192 valence electrons. The van der Waals surface area contributed by atoms with E-state index in [9.17, 15) is 22.8 Å². The number of amides is 2. The summed E-state index contributed by atoms with van der Waals surface area (Å²) in [5.74, 6) is -0.199. The Labute approximate surface area is 211 Å². The van der Waals surface area contributed by atoms with Crippen molar-refractivity contribution in [3.63, 3.8) is 0 Å². The molecule has 0 aliphatic carbocycles. The molecule has 4 heterocycles. The van der Waals surface area contributed by atoms with Crippen LogP contribution in [0.15, 0.2) is 48.8 Å². The van der Waals surface area contributed by atoms with Gasteiger partial charge in [0.15, 0.2) is 0 Å². The van der Waals surface area contributed by atoms with E-state index in [1.54, 1.807) is 23.2 Å². The van der Waals surface area contributed by atoms with Gasteiger partial charge in [-0.15, -0.1) is 0 Å². The average molecular weight is 511 g/mol. The molecule has 0 bridgehead atoms. The highest BCUT2D eigenvalue weighted by atomic mass is 19.4. The first-order valence-electron chi connectivity index (χ1n) is 12.0. The number of benzene rings is 1. The maximum Gasteiger partial charge on any atom is 0.433 e. The van der Waals surface area contributed by atoms with E-state index in [2.05, 4.69) is 15.3 Å². The van der Waals surface area contributed by atoms with Gasteiger partial charge in [-0.2, -0.15) is 13.2 Å². The molecule has 3 aromatic rings. The first-order chi connectivity index (χ1) is 17.7. The minimum atomic E-state index is -4.64. The Hall–Kier alpha value is -3.79. The largest absolute Gasteiger partial charge is 0.433 e. The molecule has 2 aromatic heterocycles. The molecule has 1 saturated heterocycles. The number of rotatable bonds is 4. The van der Waals surface area contributed by atoms with Gasteiger partial charge < -0.3 is 10.1 Å². The second-order valence-corrected chi connectivity index (χ2v) is 9.21. The Kier molecular flexibility index (Phi) is 6.45. The van der Waals surface area contributed by atoms with Gasteiger partial charge in [0.05, 0.1) is 12.5 Å². The van der Waals surface area contributed by atoms with Crippen LogP contribution in [0, 0.1) is 12.8 Å². The van der Waals surface area contributed by atoms with E-state index >= 15 is 0 Å². The molecule has 1 aromatic carbocycles. The van der Waals surface area contributed by atoms with Crippen LogP contribution in [0.25, 0.3) is 11.1 Å². The number of aromatic nitrogens is 2. The van der Waals surface area contributed by atoms with Crippen LogP contribution in [0.5, 0.6) is 0 Å². The molecule has 37 heavy (non-hydrogen) atoms. The maximum atomic E-state index is 13.0. The van der Waals surface area contributed by atoms with E-state index < -0.39 is 17.8 Å². The summed E-state index contributed by atoms with van der Waals surface area (Å²) in [5.41, 5.74) is 2.74. The molecule has 0 radical (unpaired) electrons. The summed E-state index contributed by atoms with van der Waals surface area (Å²) in [6, 6.07) is 9.31. The van der Waals surface area contributed by atoms with Gasteiger partial charge in [0.1, 0.15) is 11.5 Å². The molecule has 2 aliphatic heterocycles. The number of hydrogen-bond acceptors (Lipinski definition) is 5. The minimum absolute atomic E-state index is 0.0178. The molecule has 1 N–H and O–H groups in total. The van der Waals surface area contributed by atoms with Crippen LogP contribution in [0.3, 0.4) is 0 Å². The zero-order chi connectivity index (χ0) is 26.3. The number of halogens is 3. The van der Waals surface area contributed by atoms with Crippen LogP contribution in [-0.4, -0.2) is 41.5 Å². The number of carbonyl (C=O) groups excluding carboxylic acids is 2. The first-order valence-corrected chi connectivity index (χ1v) is 12.0. The fourth-order valence-electron chi connectivity index (χ4n) is 5.02. The molecular formula is C27H25F3N4O3. The quantitative estimate of drug-likeness (QED) is 0.521. The van der Waals surface area contributed by atoms with Crippen LogP contribution in [0.2, 0.25) is 0 Å². The van der Waals surface area contributed by atoms with Crippen molar-refractivity contribution >= 4 is 23.3 Å². The summed E-state index contributed by atoms with van der Waals surface area (Å²) in [4.78, 5) is 35.4. The standard InChI is InChI=1S/C27H25F3N4O3/c1-3-34-24-21(19-7-9-37-14-22(19)26(34)36)10-17(13-32-24)20-12-18(5-4-15(20)2)33-25(35)16-6-8-31-23(11-16)27(28,29)30/h4-6,8,10-13,19,22H,3,7,9,14H2,1-2H3,(H,33,35)/t19-,22+/m0/s1. The van der Waals surface area contributed by atoms with Crippen LogP contribution >= 0.6 is 0 Å². The third-order valence-electron chi connectivity index (χ3n) is 6.93. The van der Waals surface area contributed by atoms with Crippen LogP contribution < -0.4 is 10.2 Å². The van der Waals surface area contributed by atoms with Crippen molar-refractivity contribution in [3.05, 3.63) is 71.2 Å². The van der Waals surface area contributed by atoms with Crippen molar-refractivity contribution < 1.29 is 27.5 Å². The normalized spacial score (nSPS) is 19.3. The molecule has 0 unspecified atom stereocenters. The van der Waals surface area contributed by atoms with Crippen molar-refractivity contribution in [3.8, 4) is 11.1 Å². The Morgan fingerprint density at radius 1 is 1.16 bits per heavy atom. The lowest BCUT2D eigenvalue weighted by atomic mass is 9.78. The van der Waals surface area contributed by atoms with Gasteiger partial charge in [-0.25, -0.2) is 4.98 Å². The van der Waals surface area contributed by atoms with Crippen molar-refractivity contribution in [1.29, 1.82) is 0 Å². The lowest BCUT2D eigenvalue weighted by Crippen LogP contribution is -2.47. The average Bonchev–Trinajstić information content (AvgIpc) is 2.89. The summed E-state index contributed by atoms with van der Waals surface area (Å²) in [7, 11) is 0. The summed E-state index contributed by atoms with van der Waals surface area (Å²) >= 11 is 0. The zero-order valence-corrected chi connectivity index (χ0v) is 20.3. The van der Waals surface area contributed by atoms with Crippen molar-refractivity contribution in [2.24, 2.45) is 5.92 Å². The zero-order valence-electron chi connectivity index (χ0n) is 20.3. The van der Waals surface area contributed by atoms with Gasteiger partial charge in [0.25, 0.3) is 5.91 Å². The second kappa shape index (κ2) is 9.59. The number of alkyl halides is 3. The Morgan fingerprint density at radius 2 is 1.97 bits per heavy atom. The number of pyridine rings is 2. The Morgan fingerprint density at radius 3 is 2.73 bits per heavy atom. The second-order valence-electron chi connectivity index (χ2n) is 9.21. The van der Waals surface area contributed by atoms with Gasteiger partial charge in [-0.1, -0.05) is 6.07 Å². The summed E-state index contributed by atoms with van der Waals surface area (Å²) < 4.78 is 44.6. The van der Waals surface area contributed by atoms with Crippen molar-refractivity contribution in [1.82, 2.24) is 9.97 Å². The van der Waals surface area contributed by atoms with Gasteiger partial charge in [0, 0.05) is 48.3 Å². The van der Waals surface area contributed by atoms with E-state index in [0.29, 0.717) is 31.3 Å². The fraction of sp³-hybridized carbons (Fsp3) is 0.333. The summed E-state index contributed by atoms with van der Waals surface area (Å²) in [6.07, 6.45) is -1.24. The molecular weight excluding hydrogens is 485 g/mol. The number of hydrogen-bond donors (Lipinski definition) is 1. The van der Waals surface area contributed by atoms with Crippen molar-refractivity contribution in [2.75, 3.05) is 30.0 Å². The molecule has 2 atom stereocenters.